The van der Waals surface area contributed by atoms with Crippen LogP contribution in [0.3, 0.4) is 0 Å². The SMILES string of the molecule is CC(C)Oc1ccc(NC(=O)c2nnc(N)s2)cc1. The summed E-state index contributed by atoms with van der Waals surface area (Å²) >= 11 is 1.05. The topological polar surface area (TPSA) is 90.1 Å². The van der Waals surface area contributed by atoms with Crippen molar-refractivity contribution in [2.24, 2.45) is 0 Å². The number of nitrogens with two attached hydrogens (primary N) is 1. The Morgan fingerprint density at radius 3 is 2.53 bits per heavy atom. The average Bonchev–Trinajstić information content (AvgIpc) is 2.78. The summed E-state index contributed by atoms with van der Waals surface area (Å²) in [7, 11) is 0. The smallest absolute Gasteiger partial charge is 0.286 e. The van der Waals surface area contributed by atoms with E-state index < -0.39 is 0 Å². The minimum absolute atomic E-state index is 0.116. The lowest BCUT2D eigenvalue weighted by molar-refractivity contribution is 0.102. The third kappa shape index (κ3) is 3.65. The zero-order valence-electron chi connectivity index (χ0n) is 10.6. The lowest BCUT2D eigenvalue weighted by Crippen LogP contribution is -2.11. The van der Waals surface area contributed by atoms with Gasteiger partial charge in [0.25, 0.3) is 5.91 Å². The molecule has 1 aromatic carbocycles. The molecule has 6 nitrogen and oxygen atoms in total. The summed E-state index contributed by atoms with van der Waals surface area (Å²) in [6.45, 7) is 3.91. The van der Waals surface area contributed by atoms with Crippen LogP contribution in [-0.4, -0.2) is 22.2 Å². The van der Waals surface area contributed by atoms with E-state index in [1.54, 1.807) is 24.3 Å². The monoisotopic (exact) mass is 278 g/mol. The molecule has 0 spiro atoms. The molecule has 0 radical (unpaired) electrons. The highest BCUT2D eigenvalue weighted by Crippen LogP contribution is 2.18. The van der Waals surface area contributed by atoms with Gasteiger partial charge in [0.15, 0.2) is 0 Å². The number of rotatable bonds is 4. The van der Waals surface area contributed by atoms with Crippen molar-refractivity contribution in [3.63, 3.8) is 0 Å². The summed E-state index contributed by atoms with van der Waals surface area (Å²) in [6, 6.07) is 7.12. The number of carbonyl (C=O) groups is 1. The highest BCUT2D eigenvalue weighted by atomic mass is 32.1. The number of benzene rings is 1. The largest absolute Gasteiger partial charge is 0.491 e. The maximum absolute atomic E-state index is 11.8. The molecule has 0 unspecified atom stereocenters. The van der Waals surface area contributed by atoms with E-state index >= 15 is 0 Å². The minimum Gasteiger partial charge on any atom is -0.491 e. The zero-order chi connectivity index (χ0) is 13.8. The van der Waals surface area contributed by atoms with Gasteiger partial charge in [0.05, 0.1) is 6.10 Å². The van der Waals surface area contributed by atoms with Crippen molar-refractivity contribution in [1.82, 2.24) is 10.2 Å². The van der Waals surface area contributed by atoms with Crippen molar-refractivity contribution in [3.8, 4) is 5.75 Å². The molecule has 1 amide bonds. The number of nitrogen functional groups attached to an aromatic ring is 1. The Hall–Kier alpha value is -2.15. The Morgan fingerprint density at radius 1 is 1.32 bits per heavy atom. The van der Waals surface area contributed by atoms with E-state index in [4.69, 9.17) is 10.5 Å². The van der Waals surface area contributed by atoms with Crippen LogP contribution in [-0.2, 0) is 0 Å². The van der Waals surface area contributed by atoms with Crippen LogP contribution in [0.5, 0.6) is 5.75 Å². The second-order valence-corrected chi connectivity index (χ2v) is 5.10. The molecular formula is C12H14N4O2S. The molecule has 0 bridgehead atoms. The molecule has 0 atom stereocenters. The predicted octanol–water partition coefficient (Wildman–Crippen LogP) is 2.16. The first-order valence-corrected chi connectivity index (χ1v) is 6.53. The first kappa shape index (κ1) is 13.3. The van der Waals surface area contributed by atoms with E-state index in [2.05, 4.69) is 15.5 Å². The van der Waals surface area contributed by atoms with Gasteiger partial charge in [-0.2, -0.15) is 0 Å². The number of amides is 1. The summed E-state index contributed by atoms with van der Waals surface area (Å²) < 4.78 is 5.51. The molecule has 1 heterocycles. The van der Waals surface area contributed by atoms with Crippen molar-refractivity contribution >= 4 is 28.1 Å². The number of anilines is 2. The van der Waals surface area contributed by atoms with E-state index in [0.29, 0.717) is 5.69 Å². The lowest BCUT2D eigenvalue weighted by Gasteiger charge is -2.10. The first-order chi connectivity index (χ1) is 9.04. The average molecular weight is 278 g/mol. The van der Waals surface area contributed by atoms with Gasteiger partial charge < -0.3 is 15.8 Å². The molecule has 2 aromatic rings. The van der Waals surface area contributed by atoms with Crippen LogP contribution in [0.15, 0.2) is 24.3 Å². The molecule has 7 heteroatoms. The van der Waals surface area contributed by atoms with Gasteiger partial charge in [-0.3, -0.25) is 4.79 Å². The highest BCUT2D eigenvalue weighted by Gasteiger charge is 2.11. The number of hydrogen-bond donors (Lipinski definition) is 2. The molecule has 19 heavy (non-hydrogen) atoms. The molecule has 0 aliphatic heterocycles. The number of nitrogens with one attached hydrogen (secondary N) is 1. The van der Waals surface area contributed by atoms with Gasteiger partial charge in [-0.05, 0) is 38.1 Å². The highest BCUT2D eigenvalue weighted by molar-refractivity contribution is 7.16. The van der Waals surface area contributed by atoms with Gasteiger partial charge in [-0.25, -0.2) is 0 Å². The van der Waals surface area contributed by atoms with Gasteiger partial charge in [0.2, 0.25) is 10.1 Å². The fourth-order valence-electron chi connectivity index (χ4n) is 1.40. The van der Waals surface area contributed by atoms with Crippen molar-refractivity contribution in [2.45, 2.75) is 20.0 Å². The van der Waals surface area contributed by atoms with Gasteiger partial charge in [0.1, 0.15) is 5.75 Å². The Balaban J connectivity index is 2.01. The maximum Gasteiger partial charge on any atom is 0.286 e. The molecule has 3 N–H and O–H groups in total. The predicted molar refractivity (Wildman–Crippen MR) is 74.5 cm³/mol. The molecule has 0 fully saturated rings. The quantitative estimate of drug-likeness (QED) is 0.894. The normalized spacial score (nSPS) is 10.5. The number of nitrogens with zero attached hydrogens (tertiary/aromatic N) is 2. The van der Waals surface area contributed by atoms with E-state index in [1.165, 1.54) is 0 Å². The summed E-state index contributed by atoms with van der Waals surface area (Å²) in [4.78, 5) is 11.8. The molecule has 0 saturated heterocycles. The second kappa shape index (κ2) is 5.66. The van der Waals surface area contributed by atoms with E-state index in [0.717, 1.165) is 17.1 Å². The molecule has 1 aromatic heterocycles. The number of ether oxygens (including phenoxy) is 1. The number of aromatic nitrogens is 2. The first-order valence-electron chi connectivity index (χ1n) is 5.71. The zero-order valence-corrected chi connectivity index (χ0v) is 11.4. The van der Waals surface area contributed by atoms with Gasteiger partial charge in [0, 0.05) is 5.69 Å². The molecule has 2 rings (SSSR count). The standard InChI is InChI=1S/C12H14N4O2S/c1-7(2)18-9-5-3-8(4-6-9)14-10(17)11-15-16-12(13)19-11/h3-7H,1-2H3,(H2,13,16)(H,14,17). The third-order valence-corrected chi connectivity index (χ3v) is 2.87. The Bertz CT molecular complexity index is 565. The van der Waals surface area contributed by atoms with E-state index in [1.807, 2.05) is 13.8 Å². The maximum atomic E-state index is 11.8. The van der Waals surface area contributed by atoms with Gasteiger partial charge in [-0.1, -0.05) is 11.3 Å². The van der Waals surface area contributed by atoms with Crippen LogP contribution in [0.4, 0.5) is 10.8 Å². The van der Waals surface area contributed by atoms with Gasteiger partial charge in [-0.15, -0.1) is 10.2 Å². The van der Waals surface area contributed by atoms with E-state index in [-0.39, 0.29) is 22.2 Å². The Labute approximate surface area is 114 Å². The van der Waals surface area contributed by atoms with Crippen LogP contribution in [0, 0.1) is 0 Å². The summed E-state index contributed by atoms with van der Waals surface area (Å²) in [6.07, 6.45) is 0.116. The van der Waals surface area contributed by atoms with Crippen molar-refractivity contribution in [2.75, 3.05) is 11.1 Å². The minimum atomic E-state index is -0.327. The molecule has 100 valence electrons. The Morgan fingerprint density at radius 2 is 2.00 bits per heavy atom. The van der Waals surface area contributed by atoms with Crippen LogP contribution in [0.1, 0.15) is 23.6 Å². The number of hydrogen-bond acceptors (Lipinski definition) is 6. The third-order valence-electron chi connectivity index (χ3n) is 2.12. The van der Waals surface area contributed by atoms with Crippen LogP contribution in [0.25, 0.3) is 0 Å². The van der Waals surface area contributed by atoms with Gasteiger partial charge >= 0.3 is 0 Å². The molecular weight excluding hydrogens is 264 g/mol. The molecule has 0 aliphatic rings. The fourth-order valence-corrected chi connectivity index (χ4v) is 1.91. The van der Waals surface area contributed by atoms with Crippen LogP contribution >= 0.6 is 11.3 Å². The molecule has 0 saturated carbocycles. The van der Waals surface area contributed by atoms with Crippen molar-refractivity contribution < 1.29 is 9.53 Å². The van der Waals surface area contributed by atoms with Crippen LogP contribution < -0.4 is 15.8 Å². The summed E-state index contributed by atoms with van der Waals surface area (Å²) in [5.41, 5.74) is 6.09. The molecule has 0 aliphatic carbocycles. The number of carbonyl (C=O) groups excluding carboxylic acids is 1. The summed E-state index contributed by atoms with van der Waals surface area (Å²) in [5.74, 6) is 0.430. The van der Waals surface area contributed by atoms with Crippen molar-refractivity contribution in [1.29, 1.82) is 0 Å². The van der Waals surface area contributed by atoms with Crippen LogP contribution in [0.2, 0.25) is 0 Å². The summed E-state index contributed by atoms with van der Waals surface area (Å²) in [5, 5.41) is 10.5. The second-order valence-electron chi connectivity index (χ2n) is 4.09. The Kier molecular flexibility index (Phi) is 3.96. The van der Waals surface area contributed by atoms with Crippen molar-refractivity contribution in [3.05, 3.63) is 29.3 Å². The fraction of sp³-hybridized carbons (Fsp3) is 0.250. The van der Waals surface area contributed by atoms with E-state index in [9.17, 15) is 4.79 Å². The lowest BCUT2D eigenvalue weighted by atomic mass is 10.3.